The molecule has 0 spiro atoms. The summed E-state index contributed by atoms with van der Waals surface area (Å²) in [6.07, 6.45) is -0.393. The van der Waals surface area contributed by atoms with Gasteiger partial charge in [-0.3, -0.25) is 5.43 Å². The van der Waals surface area contributed by atoms with Crippen LogP contribution in [0.2, 0.25) is 0 Å². The molecule has 1 aliphatic heterocycles. The average Bonchev–Trinajstić information content (AvgIpc) is 2.39. The molecule has 1 amide bonds. The van der Waals surface area contributed by atoms with Gasteiger partial charge in [0.1, 0.15) is 6.61 Å². The van der Waals surface area contributed by atoms with E-state index < -0.39 is 6.09 Å². The van der Waals surface area contributed by atoms with Crippen LogP contribution < -0.4 is 10.7 Å². The zero-order valence-electron chi connectivity index (χ0n) is 9.69. The largest absolute Gasteiger partial charge is 0.444 e. The summed E-state index contributed by atoms with van der Waals surface area (Å²) in [6.45, 7) is 3.69. The molecular formula is C12H17N3O2. The molecule has 2 rings (SSSR count). The Balaban J connectivity index is 1.70. The third-order valence-corrected chi connectivity index (χ3v) is 2.58. The van der Waals surface area contributed by atoms with E-state index in [4.69, 9.17) is 4.74 Å². The highest BCUT2D eigenvalue weighted by molar-refractivity contribution is 5.66. The van der Waals surface area contributed by atoms with Gasteiger partial charge in [0.25, 0.3) is 0 Å². The van der Waals surface area contributed by atoms with Crippen LogP contribution >= 0.6 is 0 Å². The van der Waals surface area contributed by atoms with Crippen molar-refractivity contribution < 1.29 is 9.53 Å². The number of nitrogens with zero attached hydrogens (tertiary/aromatic N) is 1. The predicted molar refractivity (Wildman–Crippen MR) is 64.2 cm³/mol. The zero-order chi connectivity index (χ0) is 11.9. The highest BCUT2D eigenvalue weighted by atomic mass is 16.6. The maximum atomic E-state index is 11.5. The fourth-order valence-electron chi connectivity index (χ4n) is 1.66. The molecule has 0 aromatic heterocycles. The first-order chi connectivity index (χ1) is 8.34. The van der Waals surface area contributed by atoms with Gasteiger partial charge in [-0.2, -0.15) is 0 Å². The first-order valence-corrected chi connectivity index (χ1v) is 5.77. The third kappa shape index (κ3) is 4.05. The van der Waals surface area contributed by atoms with Crippen molar-refractivity contribution in [3.63, 3.8) is 0 Å². The van der Waals surface area contributed by atoms with Gasteiger partial charge in [-0.25, -0.2) is 9.80 Å². The number of rotatable bonds is 3. The monoisotopic (exact) mass is 235 g/mol. The topological polar surface area (TPSA) is 53.6 Å². The van der Waals surface area contributed by atoms with Gasteiger partial charge in [-0.15, -0.1) is 0 Å². The lowest BCUT2D eigenvalue weighted by Gasteiger charge is -2.26. The van der Waals surface area contributed by atoms with Gasteiger partial charge in [0.05, 0.1) is 0 Å². The molecule has 1 heterocycles. The Hall–Kier alpha value is -1.59. The molecule has 0 bridgehead atoms. The summed E-state index contributed by atoms with van der Waals surface area (Å²) in [4.78, 5) is 11.5. The second kappa shape index (κ2) is 6.22. The standard InChI is InChI=1S/C12H17N3O2/c16-12(14-15-8-6-13-7-9-15)17-10-11-4-2-1-3-5-11/h1-5,13H,6-10H2,(H,14,16). The van der Waals surface area contributed by atoms with Gasteiger partial charge >= 0.3 is 6.09 Å². The van der Waals surface area contributed by atoms with E-state index in [1.165, 1.54) is 0 Å². The molecule has 0 aliphatic carbocycles. The van der Waals surface area contributed by atoms with Crippen LogP contribution in [0.1, 0.15) is 5.56 Å². The molecule has 1 fully saturated rings. The molecule has 0 unspecified atom stereocenters. The summed E-state index contributed by atoms with van der Waals surface area (Å²) in [6, 6.07) is 9.64. The Bertz CT molecular complexity index is 350. The number of amides is 1. The molecule has 2 N–H and O–H groups in total. The van der Waals surface area contributed by atoms with E-state index in [1.807, 2.05) is 35.3 Å². The molecule has 0 atom stereocenters. The lowest BCUT2D eigenvalue weighted by molar-refractivity contribution is 0.0940. The normalized spacial score (nSPS) is 16.5. The lowest BCUT2D eigenvalue weighted by atomic mass is 10.2. The molecule has 1 saturated heterocycles. The minimum absolute atomic E-state index is 0.304. The van der Waals surface area contributed by atoms with Crippen LogP contribution in [0.4, 0.5) is 4.79 Å². The Kier molecular flexibility index (Phi) is 4.35. The molecule has 0 radical (unpaired) electrons. The van der Waals surface area contributed by atoms with Crippen LogP contribution in [0.15, 0.2) is 30.3 Å². The third-order valence-electron chi connectivity index (χ3n) is 2.58. The minimum Gasteiger partial charge on any atom is -0.444 e. The van der Waals surface area contributed by atoms with Gasteiger partial charge < -0.3 is 10.1 Å². The number of hydrogen-bond donors (Lipinski definition) is 2. The summed E-state index contributed by atoms with van der Waals surface area (Å²) in [5.41, 5.74) is 3.71. The number of benzene rings is 1. The van der Waals surface area contributed by atoms with E-state index in [0.29, 0.717) is 6.61 Å². The zero-order valence-corrected chi connectivity index (χ0v) is 9.69. The minimum atomic E-state index is -0.393. The average molecular weight is 235 g/mol. The van der Waals surface area contributed by atoms with Crippen LogP contribution in [0.25, 0.3) is 0 Å². The molecule has 17 heavy (non-hydrogen) atoms. The summed E-state index contributed by atoms with van der Waals surface area (Å²) in [7, 11) is 0. The molecule has 1 aromatic carbocycles. The fraction of sp³-hybridized carbons (Fsp3) is 0.417. The Labute approximate surface area is 101 Å². The fourth-order valence-corrected chi connectivity index (χ4v) is 1.66. The van der Waals surface area contributed by atoms with Crippen molar-refractivity contribution in [3.05, 3.63) is 35.9 Å². The number of ether oxygens (including phenoxy) is 1. The molecular weight excluding hydrogens is 218 g/mol. The van der Waals surface area contributed by atoms with Crippen molar-refractivity contribution in [2.24, 2.45) is 0 Å². The molecule has 92 valence electrons. The number of piperazine rings is 1. The Morgan fingerprint density at radius 3 is 2.71 bits per heavy atom. The second-order valence-corrected chi connectivity index (χ2v) is 3.91. The smallest absolute Gasteiger partial charge is 0.422 e. The van der Waals surface area contributed by atoms with E-state index in [0.717, 1.165) is 31.7 Å². The number of carbonyl (C=O) groups is 1. The summed E-state index contributed by atoms with van der Waals surface area (Å²) < 4.78 is 5.12. The summed E-state index contributed by atoms with van der Waals surface area (Å²) >= 11 is 0. The van der Waals surface area contributed by atoms with Crippen molar-refractivity contribution in [2.45, 2.75) is 6.61 Å². The van der Waals surface area contributed by atoms with Crippen LogP contribution in [0, 0.1) is 0 Å². The Morgan fingerprint density at radius 2 is 2.00 bits per heavy atom. The number of nitrogens with one attached hydrogen (secondary N) is 2. The highest BCUT2D eigenvalue weighted by Crippen LogP contribution is 2.00. The SMILES string of the molecule is O=C(NN1CCNCC1)OCc1ccccc1. The first kappa shape index (κ1) is 11.9. The number of hydrogen-bond acceptors (Lipinski definition) is 4. The van der Waals surface area contributed by atoms with Crippen molar-refractivity contribution in [3.8, 4) is 0 Å². The van der Waals surface area contributed by atoms with Crippen LogP contribution in [-0.2, 0) is 11.3 Å². The van der Waals surface area contributed by atoms with Crippen LogP contribution in [0.5, 0.6) is 0 Å². The lowest BCUT2D eigenvalue weighted by Crippen LogP contribution is -2.52. The predicted octanol–water partition coefficient (Wildman–Crippen LogP) is 0.733. The second-order valence-electron chi connectivity index (χ2n) is 3.91. The summed E-state index contributed by atoms with van der Waals surface area (Å²) in [5, 5.41) is 5.08. The van der Waals surface area contributed by atoms with Crippen molar-refractivity contribution in [1.29, 1.82) is 0 Å². The van der Waals surface area contributed by atoms with E-state index in [2.05, 4.69) is 10.7 Å². The molecule has 1 aliphatic rings. The van der Waals surface area contributed by atoms with Crippen molar-refractivity contribution in [1.82, 2.24) is 15.8 Å². The summed E-state index contributed by atoms with van der Waals surface area (Å²) in [5.74, 6) is 0. The number of carbonyl (C=O) groups excluding carboxylic acids is 1. The van der Waals surface area contributed by atoms with Crippen LogP contribution in [-0.4, -0.2) is 37.3 Å². The molecule has 1 aromatic rings. The van der Waals surface area contributed by atoms with Gasteiger partial charge in [-0.1, -0.05) is 30.3 Å². The van der Waals surface area contributed by atoms with E-state index in [1.54, 1.807) is 0 Å². The maximum Gasteiger partial charge on any atom is 0.422 e. The van der Waals surface area contributed by atoms with Gasteiger partial charge in [-0.05, 0) is 5.56 Å². The van der Waals surface area contributed by atoms with E-state index in [9.17, 15) is 4.79 Å². The van der Waals surface area contributed by atoms with Crippen molar-refractivity contribution in [2.75, 3.05) is 26.2 Å². The van der Waals surface area contributed by atoms with Gasteiger partial charge in [0, 0.05) is 26.2 Å². The highest BCUT2D eigenvalue weighted by Gasteiger charge is 2.12. The van der Waals surface area contributed by atoms with Crippen molar-refractivity contribution >= 4 is 6.09 Å². The van der Waals surface area contributed by atoms with Gasteiger partial charge in [0.2, 0.25) is 0 Å². The first-order valence-electron chi connectivity index (χ1n) is 5.77. The van der Waals surface area contributed by atoms with E-state index in [-0.39, 0.29) is 0 Å². The Morgan fingerprint density at radius 1 is 1.29 bits per heavy atom. The quantitative estimate of drug-likeness (QED) is 0.811. The molecule has 5 heteroatoms. The molecule has 0 saturated carbocycles. The maximum absolute atomic E-state index is 11.5. The number of hydrazine groups is 1. The molecule has 5 nitrogen and oxygen atoms in total. The van der Waals surface area contributed by atoms with Crippen LogP contribution in [0.3, 0.4) is 0 Å². The van der Waals surface area contributed by atoms with E-state index >= 15 is 0 Å². The van der Waals surface area contributed by atoms with Gasteiger partial charge in [0.15, 0.2) is 0 Å².